The molecule has 3 heterocycles. The Bertz CT molecular complexity index is 666. The molecule has 1 aromatic rings. The van der Waals surface area contributed by atoms with E-state index in [2.05, 4.69) is 44.4 Å². The van der Waals surface area contributed by atoms with Crippen LogP contribution in [0.15, 0.2) is 29.3 Å². The van der Waals surface area contributed by atoms with Gasteiger partial charge in [0.2, 0.25) is 0 Å². The van der Waals surface area contributed by atoms with E-state index in [0.717, 1.165) is 77.7 Å². The second-order valence-electron chi connectivity index (χ2n) is 8.03. The quantitative estimate of drug-likeness (QED) is 0.283. The van der Waals surface area contributed by atoms with E-state index < -0.39 is 0 Å². The Hall–Kier alpha value is -0.900. The number of fused-ring (bicyclic) bond motifs is 1. The zero-order chi connectivity index (χ0) is 19.2. The summed E-state index contributed by atoms with van der Waals surface area (Å²) in [7, 11) is 1.88. The van der Waals surface area contributed by atoms with Crippen molar-refractivity contribution in [3.05, 3.63) is 35.4 Å². The molecule has 0 spiro atoms. The van der Waals surface area contributed by atoms with Gasteiger partial charge in [0.15, 0.2) is 5.96 Å². The maximum absolute atomic E-state index is 5.96. The highest BCUT2D eigenvalue weighted by atomic mass is 127. The number of benzene rings is 1. The first-order valence-electron chi connectivity index (χ1n) is 10.8. The van der Waals surface area contributed by atoms with Crippen molar-refractivity contribution in [2.24, 2.45) is 4.99 Å². The van der Waals surface area contributed by atoms with E-state index in [9.17, 15) is 0 Å². The third-order valence-corrected chi connectivity index (χ3v) is 6.13. The van der Waals surface area contributed by atoms with Crippen molar-refractivity contribution >= 4 is 29.9 Å². The van der Waals surface area contributed by atoms with Crippen LogP contribution in [0.1, 0.15) is 30.4 Å². The van der Waals surface area contributed by atoms with E-state index in [1.54, 1.807) is 0 Å². The van der Waals surface area contributed by atoms with Crippen molar-refractivity contribution in [2.45, 2.75) is 44.4 Å². The third kappa shape index (κ3) is 6.06. The van der Waals surface area contributed by atoms with Gasteiger partial charge in [-0.25, -0.2) is 0 Å². The van der Waals surface area contributed by atoms with Crippen LogP contribution >= 0.6 is 24.0 Å². The van der Waals surface area contributed by atoms with Gasteiger partial charge in [-0.1, -0.05) is 24.3 Å². The molecule has 1 N–H and O–H groups in total. The van der Waals surface area contributed by atoms with Gasteiger partial charge < -0.3 is 19.7 Å². The molecule has 162 valence electrons. The molecule has 2 fully saturated rings. The Balaban J connectivity index is 0.00000240. The van der Waals surface area contributed by atoms with Crippen LogP contribution in [0.4, 0.5) is 0 Å². The van der Waals surface area contributed by atoms with Crippen molar-refractivity contribution < 1.29 is 9.47 Å². The van der Waals surface area contributed by atoms with E-state index in [0.29, 0.717) is 0 Å². The molecule has 4 rings (SSSR count). The number of hydrogen-bond acceptors (Lipinski definition) is 4. The number of aliphatic imine (C=N–C) groups is 1. The SMILES string of the molecule is CN=C(NCCCN1CCc2ccccc2C1)N1CCOC(C2CCCO2)C1.I. The van der Waals surface area contributed by atoms with E-state index in [4.69, 9.17) is 9.47 Å². The number of nitrogens with zero attached hydrogens (tertiary/aromatic N) is 3. The van der Waals surface area contributed by atoms with Gasteiger partial charge in [-0.15, -0.1) is 24.0 Å². The number of nitrogens with one attached hydrogen (secondary N) is 1. The first kappa shape index (κ1) is 22.8. The topological polar surface area (TPSA) is 49.3 Å². The van der Waals surface area contributed by atoms with Crippen molar-refractivity contribution in [3.8, 4) is 0 Å². The van der Waals surface area contributed by atoms with Gasteiger partial charge in [0.1, 0.15) is 6.10 Å². The van der Waals surface area contributed by atoms with Crippen molar-refractivity contribution in [1.29, 1.82) is 0 Å². The molecule has 29 heavy (non-hydrogen) atoms. The minimum absolute atomic E-state index is 0. The van der Waals surface area contributed by atoms with Gasteiger partial charge in [-0.3, -0.25) is 9.89 Å². The molecule has 2 saturated heterocycles. The van der Waals surface area contributed by atoms with Crippen LogP contribution in [0.25, 0.3) is 0 Å². The molecule has 0 amide bonds. The molecule has 0 aromatic heterocycles. The third-order valence-electron chi connectivity index (χ3n) is 6.13. The molecule has 0 saturated carbocycles. The summed E-state index contributed by atoms with van der Waals surface area (Å²) in [5.74, 6) is 0.996. The molecule has 2 unspecified atom stereocenters. The Morgan fingerprint density at radius 1 is 1.14 bits per heavy atom. The molecule has 7 heteroatoms. The Kier molecular flexibility index (Phi) is 9.02. The molecule has 0 bridgehead atoms. The summed E-state index contributed by atoms with van der Waals surface area (Å²) in [5, 5.41) is 3.56. The van der Waals surface area contributed by atoms with E-state index >= 15 is 0 Å². The maximum atomic E-state index is 5.96. The van der Waals surface area contributed by atoms with Crippen LogP contribution in [0.5, 0.6) is 0 Å². The van der Waals surface area contributed by atoms with Gasteiger partial charge in [0, 0.05) is 52.9 Å². The number of guanidine groups is 1. The van der Waals surface area contributed by atoms with Gasteiger partial charge in [-0.2, -0.15) is 0 Å². The lowest BCUT2D eigenvalue weighted by Crippen LogP contribution is -2.53. The fourth-order valence-corrected chi connectivity index (χ4v) is 4.57. The lowest BCUT2D eigenvalue weighted by atomic mass is 10.00. The van der Waals surface area contributed by atoms with Crippen LogP contribution in [0.3, 0.4) is 0 Å². The summed E-state index contributed by atoms with van der Waals surface area (Å²) in [6.07, 6.45) is 4.98. The number of morpholine rings is 1. The summed E-state index contributed by atoms with van der Waals surface area (Å²) in [6.45, 7) is 7.71. The number of rotatable bonds is 5. The molecular formula is C22H35IN4O2. The van der Waals surface area contributed by atoms with Crippen LogP contribution in [-0.2, 0) is 22.4 Å². The van der Waals surface area contributed by atoms with Gasteiger partial charge >= 0.3 is 0 Å². The number of ether oxygens (including phenoxy) is 2. The minimum atomic E-state index is 0. The van der Waals surface area contributed by atoms with Crippen molar-refractivity contribution in [2.75, 3.05) is 53.0 Å². The largest absolute Gasteiger partial charge is 0.375 e. The van der Waals surface area contributed by atoms with Gasteiger partial charge in [0.25, 0.3) is 0 Å². The van der Waals surface area contributed by atoms with Crippen molar-refractivity contribution in [3.63, 3.8) is 0 Å². The highest BCUT2D eigenvalue weighted by Crippen LogP contribution is 2.21. The fourth-order valence-electron chi connectivity index (χ4n) is 4.57. The molecule has 3 aliphatic heterocycles. The average Bonchev–Trinajstić information content (AvgIpc) is 3.29. The Morgan fingerprint density at radius 3 is 2.76 bits per heavy atom. The van der Waals surface area contributed by atoms with Crippen LogP contribution in [-0.4, -0.2) is 81.0 Å². The lowest BCUT2D eigenvalue weighted by molar-refractivity contribution is -0.0816. The Labute approximate surface area is 192 Å². The average molecular weight is 514 g/mol. The standard InChI is InChI=1S/C22H34N4O2.HI/c1-23-22(26-13-15-28-21(17-26)20-8-4-14-27-20)24-10-5-11-25-12-9-18-6-2-3-7-19(18)16-25;/h2-3,6-7,20-21H,4-5,8-17H2,1H3,(H,23,24);1H. The number of hydrogen-bond donors (Lipinski definition) is 1. The van der Waals surface area contributed by atoms with E-state index in [1.807, 2.05) is 7.05 Å². The van der Waals surface area contributed by atoms with Crippen LogP contribution < -0.4 is 5.32 Å². The fraction of sp³-hybridized carbons (Fsp3) is 0.682. The van der Waals surface area contributed by atoms with Crippen LogP contribution in [0, 0.1) is 0 Å². The van der Waals surface area contributed by atoms with Gasteiger partial charge in [-0.05, 0) is 36.8 Å². The first-order valence-corrected chi connectivity index (χ1v) is 10.8. The zero-order valence-corrected chi connectivity index (χ0v) is 19.8. The van der Waals surface area contributed by atoms with Crippen molar-refractivity contribution in [1.82, 2.24) is 15.1 Å². The molecule has 3 aliphatic rings. The first-order chi connectivity index (χ1) is 13.8. The predicted octanol–water partition coefficient (Wildman–Crippen LogP) is 2.51. The summed E-state index contributed by atoms with van der Waals surface area (Å²) >= 11 is 0. The molecule has 0 aliphatic carbocycles. The summed E-state index contributed by atoms with van der Waals surface area (Å²) in [5.41, 5.74) is 3.01. The smallest absolute Gasteiger partial charge is 0.193 e. The summed E-state index contributed by atoms with van der Waals surface area (Å²) in [4.78, 5) is 9.40. The highest BCUT2D eigenvalue weighted by Gasteiger charge is 2.32. The van der Waals surface area contributed by atoms with Crippen LogP contribution in [0.2, 0.25) is 0 Å². The number of halogens is 1. The summed E-state index contributed by atoms with van der Waals surface area (Å²) < 4.78 is 11.8. The highest BCUT2D eigenvalue weighted by molar-refractivity contribution is 14.0. The molecule has 0 radical (unpaired) electrons. The maximum Gasteiger partial charge on any atom is 0.193 e. The monoisotopic (exact) mass is 514 g/mol. The lowest BCUT2D eigenvalue weighted by Gasteiger charge is -2.37. The van der Waals surface area contributed by atoms with E-state index in [1.165, 1.54) is 17.5 Å². The molecule has 6 nitrogen and oxygen atoms in total. The second kappa shape index (κ2) is 11.5. The second-order valence-corrected chi connectivity index (χ2v) is 8.03. The predicted molar refractivity (Wildman–Crippen MR) is 127 cm³/mol. The van der Waals surface area contributed by atoms with Gasteiger partial charge in [0.05, 0.1) is 12.7 Å². The molecule has 1 aromatic carbocycles. The zero-order valence-electron chi connectivity index (χ0n) is 17.5. The van der Waals surface area contributed by atoms with E-state index in [-0.39, 0.29) is 36.2 Å². The Morgan fingerprint density at radius 2 is 1.97 bits per heavy atom. The summed E-state index contributed by atoms with van der Waals surface area (Å²) in [6, 6.07) is 8.84. The minimum Gasteiger partial charge on any atom is -0.375 e. The molecular weight excluding hydrogens is 479 g/mol. The normalized spacial score (nSPS) is 25.4. The molecule has 2 atom stereocenters.